The van der Waals surface area contributed by atoms with Crippen molar-refractivity contribution in [2.45, 2.75) is 31.8 Å². The zero-order valence-corrected chi connectivity index (χ0v) is 9.02. The molecule has 0 radical (unpaired) electrons. The first-order chi connectivity index (χ1) is 7.31. The normalized spacial score (nSPS) is 28.3. The van der Waals surface area contributed by atoms with E-state index in [2.05, 4.69) is 0 Å². The number of hydrogen-bond acceptors (Lipinski definition) is 3. The van der Waals surface area contributed by atoms with E-state index in [9.17, 15) is 4.79 Å². The third-order valence-corrected chi connectivity index (χ3v) is 3.36. The third kappa shape index (κ3) is 2.49. The fraction of sp³-hybridized carbons (Fsp3) is 0.909. The molecular formula is C11H19NO3. The van der Waals surface area contributed by atoms with Crippen molar-refractivity contribution in [2.75, 3.05) is 26.3 Å². The summed E-state index contributed by atoms with van der Waals surface area (Å²) in [6, 6.07) is 0. The molecule has 1 N–H and O–H groups in total. The Bertz CT molecular complexity index is 226. The van der Waals surface area contributed by atoms with Gasteiger partial charge in [0.2, 0.25) is 5.91 Å². The van der Waals surface area contributed by atoms with Crippen LogP contribution in [0.3, 0.4) is 0 Å². The van der Waals surface area contributed by atoms with Crippen LogP contribution in [0, 0.1) is 5.92 Å². The van der Waals surface area contributed by atoms with E-state index >= 15 is 0 Å². The summed E-state index contributed by atoms with van der Waals surface area (Å²) >= 11 is 0. The van der Waals surface area contributed by atoms with Crippen molar-refractivity contribution >= 4 is 5.91 Å². The lowest BCUT2D eigenvalue weighted by Crippen LogP contribution is -2.48. The van der Waals surface area contributed by atoms with E-state index in [1.54, 1.807) is 0 Å². The first kappa shape index (κ1) is 10.9. The van der Waals surface area contributed by atoms with Crippen LogP contribution in [0.1, 0.15) is 25.7 Å². The van der Waals surface area contributed by atoms with Crippen molar-refractivity contribution in [1.82, 2.24) is 4.90 Å². The van der Waals surface area contributed by atoms with E-state index in [0.717, 1.165) is 12.8 Å². The van der Waals surface area contributed by atoms with E-state index in [1.807, 2.05) is 4.90 Å². The van der Waals surface area contributed by atoms with Gasteiger partial charge in [0.25, 0.3) is 0 Å². The summed E-state index contributed by atoms with van der Waals surface area (Å²) in [6.45, 7) is 1.82. The minimum Gasteiger partial charge on any atom is -0.394 e. The standard InChI is InChI=1S/C11H19NO3/c13-8-10-7-12(5-6-15-10)11(14)9-3-1-2-4-9/h9-10,13H,1-8H2. The number of carbonyl (C=O) groups is 1. The van der Waals surface area contributed by atoms with Gasteiger partial charge in [-0.1, -0.05) is 12.8 Å². The van der Waals surface area contributed by atoms with Crippen molar-refractivity contribution in [3.63, 3.8) is 0 Å². The largest absolute Gasteiger partial charge is 0.394 e. The summed E-state index contributed by atoms with van der Waals surface area (Å²) in [5.74, 6) is 0.511. The quantitative estimate of drug-likeness (QED) is 0.722. The summed E-state index contributed by atoms with van der Waals surface area (Å²) < 4.78 is 5.33. The highest BCUT2D eigenvalue weighted by atomic mass is 16.5. The second kappa shape index (κ2) is 4.94. The first-order valence-electron chi connectivity index (χ1n) is 5.82. The summed E-state index contributed by atoms with van der Waals surface area (Å²) in [5.41, 5.74) is 0. The number of nitrogens with zero attached hydrogens (tertiary/aromatic N) is 1. The summed E-state index contributed by atoms with van der Waals surface area (Å²) in [6.07, 6.45) is 4.28. The molecule has 1 heterocycles. The Balaban J connectivity index is 1.88. The molecule has 1 atom stereocenters. The molecular weight excluding hydrogens is 194 g/mol. The summed E-state index contributed by atoms with van der Waals surface area (Å²) in [4.78, 5) is 13.9. The topological polar surface area (TPSA) is 49.8 Å². The number of rotatable bonds is 2. The number of aliphatic hydroxyl groups excluding tert-OH is 1. The Labute approximate surface area is 90.2 Å². The van der Waals surface area contributed by atoms with E-state index in [1.165, 1.54) is 12.8 Å². The maximum Gasteiger partial charge on any atom is 0.225 e. The second-order valence-corrected chi connectivity index (χ2v) is 4.44. The Hall–Kier alpha value is -0.610. The van der Waals surface area contributed by atoms with Crippen LogP contribution in [0.5, 0.6) is 0 Å². The minimum atomic E-state index is -0.177. The van der Waals surface area contributed by atoms with Crippen LogP contribution in [0.4, 0.5) is 0 Å². The van der Waals surface area contributed by atoms with Crippen LogP contribution < -0.4 is 0 Å². The molecule has 2 fully saturated rings. The molecule has 1 unspecified atom stereocenters. The van der Waals surface area contributed by atoms with Crippen LogP contribution in [0.15, 0.2) is 0 Å². The minimum absolute atomic E-state index is 0.00838. The average molecular weight is 213 g/mol. The lowest BCUT2D eigenvalue weighted by Gasteiger charge is -2.33. The van der Waals surface area contributed by atoms with E-state index in [4.69, 9.17) is 9.84 Å². The first-order valence-corrected chi connectivity index (χ1v) is 5.82. The van der Waals surface area contributed by atoms with Crippen LogP contribution in [-0.4, -0.2) is 48.3 Å². The summed E-state index contributed by atoms with van der Waals surface area (Å²) in [5, 5.41) is 8.99. The van der Waals surface area contributed by atoms with Crippen LogP contribution in [0.2, 0.25) is 0 Å². The molecule has 1 saturated carbocycles. The maximum atomic E-state index is 12.1. The van der Waals surface area contributed by atoms with Crippen LogP contribution in [0.25, 0.3) is 0 Å². The lowest BCUT2D eigenvalue weighted by atomic mass is 10.1. The highest BCUT2D eigenvalue weighted by molar-refractivity contribution is 5.79. The molecule has 1 saturated heterocycles. The van der Waals surface area contributed by atoms with Gasteiger partial charge in [-0.3, -0.25) is 4.79 Å². The maximum absolute atomic E-state index is 12.1. The highest BCUT2D eigenvalue weighted by Gasteiger charge is 2.30. The number of ether oxygens (including phenoxy) is 1. The Kier molecular flexibility index (Phi) is 3.59. The predicted molar refractivity (Wildman–Crippen MR) is 55.4 cm³/mol. The lowest BCUT2D eigenvalue weighted by molar-refractivity contribution is -0.144. The SMILES string of the molecule is O=C(C1CCCC1)N1CCOC(CO)C1. The van der Waals surface area contributed by atoms with Gasteiger partial charge in [-0.05, 0) is 12.8 Å². The number of morpholine rings is 1. The van der Waals surface area contributed by atoms with Gasteiger partial charge in [0.05, 0.1) is 19.3 Å². The molecule has 15 heavy (non-hydrogen) atoms. The highest BCUT2D eigenvalue weighted by Crippen LogP contribution is 2.27. The van der Waals surface area contributed by atoms with Gasteiger partial charge >= 0.3 is 0 Å². The molecule has 1 amide bonds. The number of hydrogen-bond donors (Lipinski definition) is 1. The average Bonchev–Trinajstić information content (AvgIpc) is 2.81. The van der Waals surface area contributed by atoms with E-state index in [-0.39, 0.29) is 24.5 Å². The van der Waals surface area contributed by atoms with E-state index in [0.29, 0.717) is 19.7 Å². The van der Waals surface area contributed by atoms with Gasteiger partial charge < -0.3 is 14.7 Å². The summed E-state index contributed by atoms with van der Waals surface area (Å²) in [7, 11) is 0. The molecule has 4 nitrogen and oxygen atoms in total. The van der Waals surface area contributed by atoms with Crippen molar-refractivity contribution in [2.24, 2.45) is 5.92 Å². The van der Waals surface area contributed by atoms with Crippen molar-refractivity contribution in [1.29, 1.82) is 0 Å². The molecule has 0 bridgehead atoms. The van der Waals surface area contributed by atoms with Crippen molar-refractivity contribution in [3.8, 4) is 0 Å². The van der Waals surface area contributed by atoms with Gasteiger partial charge in [-0.25, -0.2) is 0 Å². The Morgan fingerprint density at radius 2 is 2.13 bits per heavy atom. The molecule has 0 spiro atoms. The smallest absolute Gasteiger partial charge is 0.225 e. The van der Waals surface area contributed by atoms with Gasteiger partial charge in [0, 0.05) is 19.0 Å². The molecule has 2 aliphatic rings. The molecule has 0 aromatic rings. The molecule has 1 aliphatic carbocycles. The molecule has 4 heteroatoms. The monoisotopic (exact) mass is 213 g/mol. The van der Waals surface area contributed by atoms with Gasteiger partial charge in [-0.2, -0.15) is 0 Å². The molecule has 1 aliphatic heterocycles. The molecule has 86 valence electrons. The molecule has 0 aromatic carbocycles. The zero-order chi connectivity index (χ0) is 10.7. The van der Waals surface area contributed by atoms with Gasteiger partial charge in [-0.15, -0.1) is 0 Å². The zero-order valence-electron chi connectivity index (χ0n) is 9.02. The van der Waals surface area contributed by atoms with Gasteiger partial charge in [0.15, 0.2) is 0 Å². The molecule has 0 aromatic heterocycles. The number of amides is 1. The number of carbonyl (C=O) groups excluding carboxylic acids is 1. The fourth-order valence-corrected chi connectivity index (χ4v) is 2.46. The predicted octanol–water partition coefficient (Wildman–Crippen LogP) is 0.396. The van der Waals surface area contributed by atoms with E-state index < -0.39 is 0 Å². The number of aliphatic hydroxyl groups is 1. The Morgan fingerprint density at radius 1 is 1.40 bits per heavy atom. The molecule has 2 rings (SSSR count). The van der Waals surface area contributed by atoms with Gasteiger partial charge in [0.1, 0.15) is 0 Å². The van der Waals surface area contributed by atoms with Crippen molar-refractivity contribution in [3.05, 3.63) is 0 Å². The Morgan fingerprint density at radius 3 is 2.80 bits per heavy atom. The fourth-order valence-electron chi connectivity index (χ4n) is 2.46. The third-order valence-electron chi connectivity index (χ3n) is 3.36. The van der Waals surface area contributed by atoms with Crippen LogP contribution >= 0.6 is 0 Å². The second-order valence-electron chi connectivity index (χ2n) is 4.44. The van der Waals surface area contributed by atoms with Crippen molar-refractivity contribution < 1.29 is 14.6 Å². The van der Waals surface area contributed by atoms with Crippen LogP contribution in [-0.2, 0) is 9.53 Å².